The first kappa shape index (κ1) is 13.6. The van der Waals surface area contributed by atoms with E-state index in [-0.39, 0.29) is 11.3 Å². The number of anilines is 1. The Morgan fingerprint density at radius 1 is 1.29 bits per heavy atom. The Labute approximate surface area is 104 Å². The van der Waals surface area contributed by atoms with Gasteiger partial charge in [0.15, 0.2) is 0 Å². The zero-order chi connectivity index (χ0) is 13.1. The maximum atomic E-state index is 12.0. The number of carbonyl (C=O) groups is 1. The first-order valence-electron chi connectivity index (χ1n) is 5.90. The van der Waals surface area contributed by atoms with Crippen LogP contribution in [0.5, 0.6) is 0 Å². The van der Waals surface area contributed by atoms with Gasteiger partial charge in [0, 0.05) is 24.8 Å². The minimum Gasteiger partial charge on any atom is -0.388 e. The van der Waals surface area contributed by atoms with Gasteiger partial charge in [0.05, 0.1) is 0 Å². The molecule has 0 saturated carbocycles. The molecule has 0 heterocycles. The Balaban J connectivity index is 2.76. The van der Waals surface area contributed by atoms with Gasteiger partial charge in [0.25, 0.3) is 5.91 Å². The number of carbonyl (C=O) groups excluding carboxylic acids is 1. The van der Waals surface area contributed by atoms with Crippen LogP contribution in [-0.4, -0.2) is 19.5 Å². The van der Waals surface area contributed by atoms with Gasteiger partial charge in [0.1, 0.15) is 0 Å². The van der Waals surface area contributed by atoms with Crippen LogP contribution in [0, 0.1) is 12.3 Å². The van der Waals surface area contributed by atoms with E-state index < -0.39 is 0 Å². The van der Waals surface area contributed by atoms with Crippen LogP contribution >= 0.6 is 0 Å². The predicted octanol–water partition coefficient (Wildman–Crippen LogP) is 2.81. The fourth-order valence-electron chi connectivity index (χ4n) is 1.51. The summed E-state index contributed by atoms with van der Waals surface area (Å²) in [5.74, 6) is 0.0000723. The maximum absolute atomic E-state index is 12.0. The van der Waals surface area contributed by atoms with Gasteiger partial charge >= 0.3 is 0 Å². The van der Waals surface area contributed by atoms with Crippen molar-refractivity contribution in [1.82, 2.24) is 5.32 Å². The van der Waals surface area contributed by atoms with Gasteiger partial charge in [-0.15, -0.1) is 0 Å². The fourth-order valence-corrected chi connectivity index (χ4v) is 1.51. The number of rotatable bonds is 3. The molecule has 0 unspecified atom stereocenters. The van der Waals surface area contributed by atoms with E-state index in [9.17, 15) is 4.79 Å². The third-order valence-electron chi connectivity index (χ3n) is 2.54. The standard InChI is InChI=1S/C14H22N2O/c1-10-8-11(15-5)6-7-12(10)13(17)16-9-14(2,3)4/h6-8,15H,9H2,1-5H3,(H,16,17). The van der Waals surface area contributed by atoms with Crippen LogP contribution in [0.15, 0.2) is 18.2 Å². The predicted molar refractivity (Wildman–Crippen MR) is 72.5 cm³/mol. The van der Waals surface area contributed by atoms with Gasteiger partial charge in [-0.3, -0.25) is 4.79 Å². The van der Waals surface area contributed by atoms with E-state index in [1.54, 1.807) is 0 Å². The lowest BCUT2D eigenvalue weighted by Crippen LogP contribution is -2.32. The number of amides is 1. The van der Waals surface area contributed by atoms with E-state index in [0.29, 0.717) is 6.54 Å². The second kappa shape index (κ2) is 5.21. The molecule has 0 aliphatic rings. The molecule has 0 aromatic heterocycles. The summed E-state index contributed by atoms with van der Waals surface area (Å²) in [5, 5.41) is 6.02. The van der Waals surface area contributed by atoms with Crippen molar-refractivity contribution in [2.75, 3.05) is 18.9 Å². The molecule has 17 heavy (non-hydrogen) atoms. The van der Waals surface area contributed by atoms with Crippen LogP contribution in [0.1, 0.15) is 36.7 Å². The van der Waals surface area contributed by atoms with Crippen LogP contribution < -0.4 is 10.6 Å². The molecule has 0 atom stereocenters. The molecule has 0 bridgehead atoms. The number of hydrogen-bond donors (Lipinski definition) is 2. The Hall–Kier alpha value is -1.51. The molecule has 1 aromatic rings. The van der Waals surface area contributed by atoms with Crippen molar-refractivity contribution in [2.45, 2.75) is 27.7 Å². The lowest BCUT2D eigenvalue weighted by Gasteiger charge is -2.19. The van der Waals surface area contributed by atoms with Crippen molar-refractivity contribution in [3.05, 3.63) is 29.3 Å². The molecule has 0 aliphatic heterocycles. The fraction of sp³-hybridized carbons (Fsp3) is 0.500. The van der Waals surface area contributed by atoms with E-state index >= 15 is 0 Å². The highest BCUT2D eigenvalue weighted by Crippen LogP contribution is 2.15. The number of hydrogen-bond acceptors (Lipinski definition) is 2. The van der Waals surface area contributed by atoms with Gasteiger partial charge in [-0.2, -0.15) is 0 Å². The molecule has 1 aromatic carbocycles. The van der Waals surface area contributed by atoms with Crippen LogP contribution in [0.2, 0.25) is 0 Å². The Morgan fingerprint density at radius 2 is 1.94 bits per heavy atom. The van der Waals surface area contributed by atoms with Crippen molar-refractivity contribution < 1.29 is 4.79 Å². The minimum atomic E-state index is 0.0000723. The summed E-state index contributed by atoms with van der Waals surface area (Å²) in [6, 6.07) is 5.75. The third-order valence-corrected chi connectivity index (χ3v) is 2.54. The van der Waals surface area contributed by atoms with E-state index in [1.165, 1.54) is 0 Å². The molecule has 0 fully saturated rings. The topological polar surface area (TPSA) is 41.1 Å². The molecule has 1 rings (SSSR count). The van der Waals surface area contributed by atoms with Gasteiger partial charge in [-0.05, 0) is 36.1 Å². The summed E-state index contributed by atoms with van der Waals surface area (Å²) >= 11 is 0. The number of aryl methyl sites for hydroxylation is 1. The summed E-state index contributed by atoms with van der Waals surface area (Å²) in [6.45, 7) is 8.94. The molecular weight excluding hydrogens is 212 g/mol. The lowest BCUT2D eigenvalue weighted by molar-refractivity contribution is 0.0938. The summed E-state index contributed by atoms with van der Waals surface area (Å²) in [6.07, 6.45) is 0. The van der Waals surface area contributed by atoms with E-state index in [4.69, 9.17) is 0 Å². The Morgan fingerprint density at radius 3 is 2.41 bits per heavy atom. The average molecular weight is 234 g/mol. The molecule has 3 heteroatoms. The van der Waals surface area contributed by atoms with Crippen LogP contribution in [0.3, 0.4) is 0 Å². The largest absolute Gasteiger partial charge is 0.388 e. The van der Waals surface area contributed by atoms with Crippen LogP contribution in [-0.2, 0) is 0 Å². The molecule has 0 saturated heterocycles. The van der Waals surface area contributed by atoms with Gasteiger partial charge in [-0.25, -0.2) is 0 Å². The highest BCUT2D eigenvalue weighted by molar-refractivity contribution is 5.96. The highest BCUT2D eigenvalue weighted by Gasteiger charge is 2.14. The van der Waals surface area contributed by atoms with E-state index in [0.717, 1.165) is 16.8 Å². The van der Waals surface area contributed by atoms with E-state index in [2.05, 4.69) is 31.4 Å². The highest BCUT2D eigenvalue weighted by atomic mass is 16.1. The normalized spacial score (nSPS) is 11.1. The molecule has 94 valence electrons. The molecule has 2 N–H and O–H groups in total. The Bertz CT molecular complexity index is 405. The monoisotopic (exact) mass is 234 g/mol. The molecule has 3 nitrogen and oxygen atoms in total. The summed E-state index contributed by atoms with van der Waals surface area (Å²) in [5.41, 5.74) is 2.86. The molecule has 0 spiro atoms. The Kier molecular flexibility index (Phi) is 4.16. The average Bonchev–Trinajstić information content (AvgIpc) is 2.24. The SMILES string of the molecule is CNc1ccc(C(=O)NCC(C)(C)C)c(C)c1. The second-order valence-electron chi connectivity index (χ2n) is 5.52. The minimum absolute atomic E-state index is 0.0000723. The molecular formula is C14H22N2O. The van der Waals surface area contributed by atoms with Crippen molar-refractivity contribution in [1.29, 1.82) is 0 Å². The smallest absolute Gasteiger partial charge is 0.251 e. The van der Waals surface area contributed by atoms with Crippen molar-refractivity contribution in [3.63, 3.8) is 0 Å². The molecule has 0 aliphatic carbocycles. The van der Waals surface area contributed by atoms with Crippen LogP contribution in [0.25, 0.3) is 0 Å². The molecule has 0 radical (unpaired) electrons. The zero-order valence-corrected chi connectivity index (χ0v) is 11.3. The summed E-state index contributed by atoms with van der Waals surface area (Å²) < 4.78 is 0. The maximum Gasteiger partial charge on any atom is 0.251 e. The third kappa shape index (κ3) is 4.10. The van der Waals surface area contributed by atoms with Gasteiger partial charge in [0.2, 0.25) is 0 Å². The lowest BCUT2D eigenvalue weighted by atomic mass is 9.96. The first-order valence-corrected chi connectivity index (χ1v) is 5.90. The van der Waals surface area contributed by atoms with Crippen molar-refractivity contribution in [3.8, 4) is 0 Å². The summed E-state index contributed by atoms with van der Waals surface area (Å²) in [4.78, 5) is 12.0. The first-order chi connectivity index (χ1) is 7.83. The van der Waals surface area contributed by atoms with E-state index in [1.807, 2.05) is 32.2 Å². The zero-order valence-electron chi connectivity index (χ0n) is 11.3. The molecule has 1 amide bonds. The quantitative estimate of drug-likeness (QED) is 0.844. The van der Waals surface area contributed by atoms with Gasteiger partial charge in [-0.1, -0.05) is 20.8 Å². The second-order valence-corrected chi connectivity index (χ2v) is 5.52. The number of benzene rings is 1. The summed E-state index contributed by atoms with van der Waals surface area (Å²) in [7, 11) is 1.87. The van der Waals surface area contributed by atoms with Gasteiger partial charge < -0.3 is 10.6 Å². The van der Waals surface area contributed by atoms with Crippen molar-refractivity contribution >= 4 is 11.6 Å². The number of nitrogens with one attached hydrogen (secondary N) is 2. The van der Waals surface area contributed by atoms with Crippen LogP contribution in [0.4, 0.5) is 5.69 Å². The van der Waals surface area contributed by atoms with Crippen molar-refractivity contribution in [2.24, 2.45) is 5.41 Å².